The van der Waals surface area contributed by atoms with Gasteiger partial charge in [0.15, 0.2) is 6.20 Å². The number of nitrogens with zero attached hydrogens (tertiary/aromatic N) is 5. The molecule has 5 heterocycles. The predicted molar refractivity (Wildman–Crippen MR) is 68.7 cm³/mol. The monoisotopic (exact) mass is 248 g/mol. The van der Waals surface area contributed by atoms with Crippen LogP contribution in [0.25, 0.3) is 22.6 Å². The van der Waals surface area contributed by atoms with Crippen LogP contribution in [0, 0.1) is 0 Å². The van der Waals surface area contributed by atoms with Crippen molar-refractivity contribution in [2.24, 2.45) is 0 Å². The molecule has 1 aliphatic rings. The van der Waals surface area contributed by atoms with E-state index in [1.807, 2.05) is 31.0 Å². The van der Waals surface area contributed by atoms with Gasteiger partial charge in [0.25, 0.3) is 11.5 Å². The van der Waals surface area contributed by atoms with E-state index in [2.05, 4.69) is 41.8 Å². The van der Waals surface area contributed by atoms with Crippen molar-refractivity contribution in [2.45, 2.75) is 6.54 Å². The topological polar surface area (TPSA) is 38.5 Å². The zero-order valence-corrected chi connectivity index (χ0v) is 10.1. The summed E-state index contributed by atoms with van der Waals surface area (Å²) in [6, 6.07) is 2.08. The Hall–Kier alpha value is -2.69. The summed E-state index contributed by atoms with van der Waals surface area (Å²) in [6.45, 7) is 0.896. The molecule has 0 aliphatic carbocycles. The van der Waals surface area contributed by atoms with E-state index in [1.54, 1.807) is 0 Å². The lowest BCUT2D eigenvalue weighted by molar-refractivity contribution is -0.670. The quantitative estimate of drug-likeness (QED) is 0.387. The van der Waals surface area contributed by atoms with E-state index in [1.165, 1.54) is 17.0 Å². The standard InChI is InChI=1S/C14H10N5/c1-2-15-5-10-7-17-9-13-18-4-3-16-6-11(18)8-19(13)14(17)12(1)10/h1-6,8-9H,7H2/q+1. The maximum absolute atomic E-state index is 4.20. The van der Waals surface area contributed by atoms with Gasteiger partial charge in [-0.1, -0.05) is 0 Å². The number of pyridine rings is 1. The largest absolute Gasteiger partial charge is 0.296 e. The Balaban J connectivity index is 1.97. The molecule has 0 aromatic carbocycles. The van der Waals surface area contributed by atoms with E-state index in [9.17, 15) is 0 Å². The summed E-state index contributed by atoms with van der Waals surface area (Å²) < 4.78 is 6.65. The van der Waals surface area contributed by atoms with Gasteiger partial charge in [0.1, 0.15) is 18.3 Å². The van der Waals surface area contributed by atoms with Crippen molar-refractivity contribution in [1.82, 2.24) is 18.8 Å². The Kier molecular flexibility index (Phi) is 1.46. The van der Waals surface area contributed by atoms with Crippen LogP contribution in [0.1, 0.15) is 5.56 Å². The van der Waals surface area contributed by atoms with Gasteiger partial charge in [-0.25, -0.2) is 4.57 Å². The Morgan fingerprint density at radius 1 is 1.11 bits per heavy atom. The maximum Gasteiger partial charge on any atom is 0.296 e. The highest BCUT2D eigenvalue weighted by Crippen LogP contribution is 2.28. The van der Waals surface area contributed by atoms with Crippen LogP contribution in [0.2, 0.25) is 0 Å². The molecule has 0 saturated carbocycles. The van der Waals surface area contributed by atoms with Gasteiger partial charge in [-0.3, -0.25) is 14.4 Å². The molecule has 19 heavy (non-hydrogen) atoms. The average Bonchev–Trinajstić information content (AvgIpc) is 3.05. The molecule has 1 aliphatic heterocycles. The molecule has 4 aromatic rings. The van der Waals surface area contributed by atoms with Crippen LogP contribution in [0.15, 0.2) is 49.4 Å². The van der Waals surface area contributed by atoms with Crippen molar-refractivity contribution < 1.29 is 4.57 Å². The van der Waals surface area contributed by atoms with E-state index in [0.717, 1.165) is 17.7 Å². The Bertz CT molecular complexity index is 947. The highest BCUT2D eigenvalue weighted by Gasteiger charge is 2.31. The van der Waals surface area contributed by atoms with Crippen molar-refractivity contribution in [3.8, 4) is 11.4 Å². The fraction of sp³-hybridized carbons (Fsp3) is 0.0714. The van der Waals surface area contributed by atoms with Crippen LogP contribution in [0.3, 0.4) is 0 Å². The molecule has 0 saturated heterocycles. The first-order chi connectivity index (χ1) is 9.42. The summed E-state index contributed by atoms with van der Waals surface area (Å²) in [5.41, 5.74) is 4.80. The molecular formula is C14H10N5+. The lowest BCUT2D eigenvalue weighted by atomic mass is 10.2. The number of rotatable bonds is 0. The van der Waals surface area contributed by atoms with Crippen LogP contribution < -0.4 is 4.57 Å². The third-order valence-electron chi connectivity index (χ3n) is 3.80. The molecule has 5 heteroatoms. The maximum atomic E-state index is 4.20. The lowest BCUT2D eigenvalue weighted by Gasteiger charge is -1.91. The summed E-state index contributed by atoms with van der Waals surface area (Å²) in [6.07, 6.45) is 13.8. The molecule has 0 amide bonds. The van der Waals surface area contributed by atoms with Gasteiger partial charge in [-0.15, -0.1) is 0 Å². The SMILES string of the molecule is c1cc2c(cn1)C[n+]1cc3n(cc4cnccn43)c1-2. The van der Waals surface area contributed by atoms with Gasteiger partial charge < -0.3 is 0 Å². The van der Waals surface area contributed by atoms with E-state index in [4.69, 9.17) is 0 Å². The Morgan fingerprint density at radius 3 is 3.05 bits per heavy atom. The Labute approximate surface area is 108 Å². The molecule has 0 bridgehead atoms. The van der Waals surface area contributed by atoms with Crippen molar-refractivity contribution in [3.05, 3.63) is 55.0 Å². The molecule has 0 atom stereocenters. The van der Waals surface area contributed by atoms with Crippen LogP contribution >= 0.6 is 0 Å². The van der Waals surface area contributed by atoms with Crippen LogP contribution in [-0.2, 0) is 6.54 Å². The second-order valence-corrected chi connectivity index (χ2v) is 4.84. The van der Waals surface area contributed by atoms with Crippen LogP contribution in [0.5, 0.6) is 0 Å². The van der Waals surface area contributed by atoms with E-state index >= 15 is 0 Å². The summed E-state index contributed by atoms with van der Waals surface area (Å²) in [4.78, 5) is 8.38. The van der Waals surface area contributed by atoms with Gasteiger partial charge in [0.05, 0.1) is 11.8 Å². The van der Waals surface area contributed by atoms with Crippen molar-refractivity contribution >= 4 is 11.2 Å². The third kappa shape index (κ3) is 1.03. The number of fused-ring (bicyclic) bond motifs is 7. The number of imidazole rings is 2. The van der Waals surface area contributed by atoms with Crippen molar-refractivity contribution in [3.63, 3.8) is 0 Å². The smallest absolute Gasteiger partial charge is 0.274 e. The van der Waals surface area contributed by atoms with E-state index in [-0.39, 0.29) is 0 Å². The zero-order chi connectivity index (χ0) is 12.4. The minimum absolute atomic E-state index is 0.896. The van der Waals surface area contributed by atoms with Gasteiger partial charge in [-0.05, 0) is 6.07 Å². The highest BCUT2D eigenvalue weighted by atomic mass is 15.2. The summed E-state index contributed by atoms with van der Waals surface area (Å²) in [5, 5.41) is 0. The van der Waals surface area contributed by atoms with Gasteiger partial charge in [0, 0.05) is 30.4 Å². The minimum atomic E-state index is 0.896. The second-order valence-electron chi connectivity index (χ2n) is 4.84. The molecule has 4 aromatic heterocycles. The molecule has 0 unspecified atom stereocenters. The molecule has 5 nitrogen and oxygen atoms in total. The van der Waals surface area contributed by atoms with E-state index < -0.39 is 0 Å². The van der Waals surface area contributed by atoms with Crippen molar-refractivity contribution in [1.29, 1.82) is 0 Å². The fourth-order valence-corrected chi connectivity index (χ4v) is 2.98. The Morgan fingerprint density at radius 2 is 2.05 bits per heavy atom. The highest BCUT2D eigenvalue weighted by molar-refractivity contribution is 5.66. The first-order valence-electron chi connectivity index (χ1n) is 6.21. The molecule has 5 rings (SSSR count). The second kappa shape index (κ2) is 3.00. The van der Waals surface area contributed by atoms with Gasteiger partial charge in [-0.2, -0.15) is 4.40 Å². The fourth-order valence-electron chi connectivity index (χ4n) is 2.98. The summed E-state index contributed by atoms with van der Waals surface area (Å²) in [7, 11) is 0. The lowest BCUT2D eigenvalue weighted by Crippen LogP contribution is -2.29. The summed E-state index contributed by atoms with van der Waals surface area (Å²) in [5.74, 6) is 1.22. The number of hydrogen-bond acceptors (Lipinski definition) is 2. The molecule has 0 radical (unpaired) electrons. The van der Waals surface area contributed by atoms with Crippen LogP contribution in [0.4, 0.5) is 0 Å². The minimum Gasteiger partial charge on any atom is -0.274 e. The van der Waals surface area contributed by atoms with Crippen molar-refractivity contribution in [2.75, 3.05) is 0 Å². The van der Waals surface area contributed by atoms with Crippen LogP contribution in [-0.4, -0.2) is 18.8 Å². The third-order valence-corrected chi connectivity index (χ3v) is 3.80. The average molecular weight is 248 g/mol. The van der Waals surface area contributed by atoms with Gasteiger partial charge in [0.2, 0.25) is 0 Å². The molecule has 0 spiro atoms. The number of aromatic nitrogens is 5. The normalized spacial score (nSPS) is 13.1. The molecular weight excluding hydrogens is 238 g/mol. The zero-order valence-electron chi connectivity index (χ0n) is 10.1. The predicted octanol–water partition coefficient (Wildman–Crippen LogP) is 1.30. The van der Waals surface area contributed by atoms with E-state index in [0.29, 0.717) is 0 Å². The molecule has 0 fully saturated rings. The molecule has 90 valence electrons. The molecule has 0 N–H and O–H groups in total. The first-order valence-corrected chi connectivity index (χ1v) is 6.21. The summed E-state index contributed by atoms with van der Waals surface area (Å²) >= 11 is 0. The van der Waals surface area contributed by atoms with Gasteiger partial charge >= 0.3 is 0 Å². The number of hydrogen-bond donors (Lipinski definition) is 0. The first kappa shape index (κ1) is 9.27.